The summed E-state index contributed by atoms with van der Waals surface area (Å²) in [5.74, 6) is 0.209. The van der Waals surface area contributed by atoms with E-state index in [-0.39, 0.29) is 12.3 Å². The highest BCUT2D eigenvalue weighted by Crippen LogP contribution is 2.36. The molecule has 0 aromatic heterocycles. The maximum Gasteiger partial charge on any atom is 0.418 e. The zero-order valence-corrected chi connectivity index (χ0v) is 15.9. The van der Waals surface area contributed by atoms with Crippen molar-refractivity contribution in [2.75, 3.05) is 31.5 Å². The van der Waals surface area contributed by atoms with E-state index in [2.05, 4.69) is 5.32 Å². The molecule has 2 N–H and O–H groups in total. The van der Waals surface area contributed by atoms with Crippen molar-refractivity contribution in [3.05, 3.63) is 59.7 Å². The van der Waals surface area contributed by atoms with E-state index in [1.54, 1.807) is 18.2 Å². The molecule has 7 nitrogen and oxygen atoms in total. The van der Waals surface area contributed by atoms with Gasteiger partial charge >= 0.3 is 18.4 Å². The van der Waals surface area contributed by atoms with E-state index in [1.165, 1.54) is 29.2 Å². The summed E-state index contributed by atoms with van der Waals surface area (Å²) in [6.07, 6.45) is -6.70. The Hall–Kier alpha value is -3.27. The second-order valence-corrected chi connectivity index (χ2v) is 6.75. The molecular formula is C20H20F3N3O4. The molecule has 1 aliphatic heterocycles. The molecule has 0 radical (unpaired) electrons. The highest BCUT2D eigenvalue weighted by molar-refractivity contribution is 5.87. The highest BCUT2D eigenvalue weighted by Gasteiger charge is 2.34. The van der Waals surface area contributed by atoms with Gasteiger partial charge in [-0.05, 0) is 29.8 Å². The molecular weight excluding hydrogens is 403 g/mol. The van der Waals surface area contributed by atoms with Crippen LogP contribution in [0.25, 0.3) is 0 Å². The molecule has 0 aliphatic carbocycles. The van der Waals surface area contributed by atoms with Crippen LogP contribution in [0.1, 0.15) is 11.1 Å². The van der Waals surface area contributed by atoms with Gasteiger partial charge < -0.3 is 14.7 Å². The normalized spacial score (nSPS) is 15.0. The van der Waals surface area contributed by atoms with E-state index < -0.39 is 29.6 Å². The number of halogens is 3. The fourth-order valence-electron chi connectivity index (χ4n) is 3.12. The maximum absolute atomic E-state index is 13.5. The summed E-state index contributed by atoms with van der Waals surface area (Å²) < 4.78 is 45.6. The number of anilines is 1. The molecule has 0 bridgehead atoms. The molecule has 30 heavy (non-hydrogen) atoms. The number of hydrogen-bond donors (Lipinski definition) is 2. The fraction of sp³-hybridized carbons (Fsp3) is 0.300. The Kier molecular flexibility index (Phi) is 6.46. The van der Waals surface area contributed by atoms with Gasteiger partial charge in [0.15, 0.2) is 0 Å². The predicted molar refractivity (Wildman–Crippen MR) is 102 cm³/mol. The molecule has 0 atom stereocenters. The zero-order valence-electron chi connectivity index (χ0n) is 15.9. The summed E-state index contributed by atoms with van der Waals surface area (Å²) in [6, 6.07) is 11.7. The molecule has 160 valence electrons. The van der Waals surface area contributed by atoms with Gasteiger partial charge in [-0.2, -0.15) is 13.2 Å². The molecule has 0 saturated carbocycles. The summed E-state index contributed by atoms with van der Waals surface area (Å²) in [5.41, 5.74) is -0.967. The molecule has 3 rings (SSSR count). The van der Waals surface area contributed by atoms with Crippen molar-refractivity contribution >= 4 is 17.9 Å². The minimum absolute atomic E-state index is 0.209. The number of nitrogens with zero attached hydrogens (tertiary/aromatic N) is 2. The van der Waals surface area contributed by atoms with Crippen molar-refractivity contribution < 1.29 is 32.6 Å². The Balaban J connectivity index is 1.69. The second-order valence-electron chi connectivity index (χ2n) is 6.75. The molecule has 1 aliphatic rings. The van der Waals surface area contributed by atoms with Gasteiger partial charge in [0.05, 0.1) is 11.3 Å². The lowest BCUT2D eigenvalue weighted by Gasteiger charge is -2.33. The highest BCUT2D eigenvalue weighted by atomic mass is 19.4. The van der Waals surface area contributed by atoms with Crippen LogP contribution in [-0.4, -0.2) is 53.3 Å². The van der Waals surface area contributed by atoms with Crippen molar-refractivity contribution in [3.8, 4) is 5.75 Å². The lowest BCUT2D eigenvalue weighted by molar-refractivity contribution is -0.137. The van der Waals surface area contributed by atoms with Gasteiger partial charge in [0.2, 0.25) is 0 Å². The van der Waals surface area contributed by atoms with Crippen LogP contribution in [-0.2, 0) is 12.7 Å². The standard InChI is InChI=1S/C20H20F3N3O4/c21-20(22,23)16-12-14(13-25-8-10-26(11-9-25)19(28)29)6-7-17(16)24-18(27)30-15-4-2-1-3-5-15/h1-7,12H,8-11,13H2,(H,24,27)(H,28,29). The van der Waals surface area contributed by atoms with Gasteiger partial charge in [0, 0.05) is 32.7 Å². The second kappa shape index (κ2) is 9.04. The number of amides is 2. The van der Waals surface area contributed by atoms with Crippen LogP contribution < -0.4 is 10.1 Å². The summed E-state index contributed by atoms with van der Waals surface area (Å²) in [7, 11) is 0. The van der Waals surface area contributed by atoms with Crippen molar-refractivity contribution in [2.45, 2.75) is 12.7 Å². The quantitative estimate of drug-likeness (QED) is 0.774. The van der Waals surface area contributed by atoms with Crippen LogP contribution in [0.2, 0.25) is 0 Å². The number of nitrogens with one attached hydrogen (secondary N) is 1. The monoisotopic (exact) mass is 423 g/mol. The summed E-state index contributed by atoms with van der Waals surface area (Å²) in [5, 5.41) is 11.1. The first-order chi connectivity index (χ1) is 14.2. The molecule has 2 aromatic carbocycles. The van der Waals surface area contributed by atoms with Crippen molar-refractivity contribution in [3.63, 3.8) is 0 Å². The molecule has 1 fully saturated rings. The Morgan fingerprint density at radius 2 is 1.70 bits per heavy atom. The van der Waals surface area contributed by atoms with Crippen LogP contribution in [0.15, 0.2) is 48.5 Å². The number of rotatable bonds is 4. The summed E-state index contributed by atoms with van der Waals surface area (Å²) >= 11 is 0. The molecule has 10 heteroatoms. The van der Waals surface area contributed by atoms with Crippen molar-refractivity contribution in [1.29, 1.82) is 0 Å². The van der Waals surface area contributed by atoms with Crippen LogP contribution in [0.3, 0.4) is 0 Å². The topological polar surface area (TPSA) is 82.1 Å². The fourth-order valence-corrected chi connectivity index (χ4v) is 3.12. The van der Waals surface area contributed by atoms with E-state index in [9.17, 15) is 22.8 Å². The maximum atomic E-state index is 13.5. The van der Waals surface area contributed by atoms with E-state index in [0.717, 1.165) is 6.07 Å². The number of alkyl halides is 3. The minimum atomic E-state index is -4.67. The molecule has 2 amide bonds. The van der Waals surface area contributed by atoms with Gasteiger partial charge in [-0.25, -0.2) is 9.59 Å². The Bertz CT molecular complexity index is 898. The largest absolute Gasteiger partial charge is 0.465 e. The van der Waals surface area contributed by atoms with Crippen molar-refractivity contribution in [1.82, 2.24) is 9.80 Å². The number of carboxylic acid groups (broad SMARTS) is 1. The lowest BCUT2D eigenvalue weighted by Crippen LogP contribution is -2.47. The Morgan fingerprint density at radius 1 is 1.03 bits per heavy atom. The van der Waals surface area contributed by atoms with Crippen LogP contribution in [0.5, 0.6) is 5.75 Å². The lowest BCUT2D eigenvalue weighted by atomic mass is 10.1. The third-order valence-electron chi connectivity index (χ3n) is 4.63. The molecule has 1 saturated heterocycles. The molecule has 2 aromatic rings. The molecule has 0 unspecified atom stereocenters. The average molecular weight is 423 g/mol. The summed E-state index contributed by atoms with van der Waals surface area (Å²) in [6.45, 7) is 1.69. The zero-order chi connectivity index (χ0) is 21.7. The van der Waals surface area contributed by atoms with E-state index >= 15 is 0 Å². The first kappa shape index (κ1) is 21.4. The van der Waals surface area contributed by atoms with E-state index in [1.807, 2.05) is 4.90 Å². The van der Waals surface area contributed by atoms with Crippen LogP contribution in [0, 0.1) is 0 Å². The number of piperazine rings is 1. The average Bonchev–Trinajstić information content (AvgIpc) is 2.69. The number of benzene rings is 2. The number of hydrogen-bond acceptors (Lipinski definition) is 4. The van der Waals surface area contributed by atoms with Gasteiger partial charge in [-0.1, -0.05) is 24.3 Å². The van der Waals surface area contributed by atoms with E-state index in [4.69, 9.17) is 9.84 Å². The van der Waals surface area contributed by atoms with Gasteiger partial charge in [0.25, 0.3) is 0 Å². The first-order valence-electron chi connectivity index (χ1n) is 9.16. The van der Waals surface area contributed by atoms with Crippen molar-refractivity contribution in [2.24, 2.45) is 0 Å². The Labute approximate surface area is 170 Å². The van der Waals surface area contributed by atoms with Crippen LogP contribution >= 0.6 is 0 Å². The number of carbonyl (C=O) groups is 2. The number of carbonyl (C=O) groups excluding carboxylic acids is 1. The predicted octanol–water partition coefficient (Wildman–Crippen LogP) is 4.11. The number of para-hydroxylation sites is 1. The smallest absolute Gasteiger partial charge is 0.418 e. The third-order valence-corrected chi connectivity index (χ3v) is 4.63. The van der Waals surface area contributed by atoms with Gasteiger partial charge in [-0.3, -0.25) is 10.2 Å². The first-order valence-corrected chi connectivity index (χ1v) is 9.16. The summed E-state index contributed by atoms with van der Waals surface area (Å²) in [4.78, 5) is 26.1. The molecule has 1 heterocycles. The molecule has 0 spiro atoms. The SMILES string of the molecule is O=C(Nc1ccc(CN2CCN(C(=O)O)CC2)cc1C(F)(F)F)Oc1ccccc1. The third kappa shape index (κ3) is 5.63. The van der Waals surface area contributed by atoms with Crippen LogP contribution in [0.4, 0.5) is 28.4 Å². The minimum Gasteiger partial charge on any atom is -0.465 e. The van der Waals surface area contributed by atoms with E-state index in [0.29, 0.717) is 31.7 Å². The Morgan fingerprint density at radius 3 is 2.30 bits per heavy atom. The van der Waals surface area contributed by atoms with Gasteiger partial charge in [-0.15, -0.1) is 0 Å². The number of ether oxygens (including phenoxy) is 1. The van der Waals surface area contributed by atoms with Gasteiger partial charge in [0.1, 0.15) is 5.75 Å².